The Balaban J connectivity index is 0.00000400. The molecule has 1 aromatic rings. The number of benzene rings is 1. The van der Waals surface area contributed by atoms with Crippen LogP contribution in [0.5, 0.6) is 0 Å². The third-order valence-electron chi connectivity index (χ3n) is 2.64. The molecule has 0 bridgehead atoms. The third kappa shape index (κ3) is 9.92. The molecule has 4 nitrogen and oxygen atoms in total. The highest BCUT2D eigenvalue weighted by atomic mass is 127. The maximum Gasteiger partial charge on any atom is 0.191 e. The molecule has 0 unspecified atom stereocenters. The Morgan fingerprint density at radius 1 is 1.19 bits per heavy atom. The van der Waals surface area contributed by atoms with Crippen molar-refractivity contribution in [2.45, 2.75) is 26.8 Å². The third-order valence-corrected chi connectivity index (χ3v) is 2.89. The van der Waals surface area contributed by atoms with Crippen LogP contribution in [0.4, 0.5) is 0 Å². The first-order valence-electron chi connectivity index (χ1n) is 7.10. The number of guanidine groups is 1. The van der Waals surface area contributed by atoms with E-state index in [1.165, 1.54) is 0 Å². The van der Waals surface area contributed by atoms with E-state index in [4.69, 9.17) is 16.3 Å². The van der Waals surface area contributed by atoms with E-state index in [0.29, 0.717) is 6.54 Å². The summed E-state index contributed by atoms with van der Waals surface area (Å²) in [6.45, 7) is 7.94. The summed E-state index contributed by atoms with van der Waals surface area (Å²) >= 11 is 5.86. The van der Waals surface area contributed by atoms with Gasteiger partial charge in [0.05, 0.1) is 6.54 Å². The number of aliphatic imine (C=N–C) groups is 1. The van der Waals surface area contributed by atoms with Crippen LogP contribution in [0.2, 0.25) is 5.02 Å². The molecule has 0 heterocycles. The summed E-state index contributed by atoms with van der Waals surface area (Å²) in [6.07, 6.45) is 0.971. The highest BCUT2D eigenvalue weighted by molar-refractivity contribution is 14.0. The first kappa shape index (κ1) is 20.5. The number of halogens is 2. The van der Waals surface area contributed by atoms with Gasteiger partial charge in [-0.15, -0.1) is 24.0 Å². The Kier molecular flexibility index (Phi) is 12.8. The zero-order chi connectivity index (χ0) is 14.6. The summed E-state index contributed by atoms with van der Waals surface area (Å²) in [5.74, 6) is 0.832. The van der Waals surface area contributed by atoms with Gasteiger partial charge in [0.15, 0.2) is 5.96 Å². The summed E-state index contributed by atoms with van der Waals surface area (Å²) in [4.78, 5) is 4.54. The minimum atomic E-state index is 0. The summed E-state index contributed by atoms with van der Waals surface area (Å²) in [7, 11) is 0. The molecule has 0 atom stereocenters. The molecule has 120 valence electrons. The number of nitrogens with one attached hydrogen (secondary N) is 2. The lowest BCUT2D eigenvalue weighted by atomic mass is 10.2. The van der Waals surface area contributed by atoms with E-state index in [0.717, 1.165) is 49.3 Å². The summed E-state index contributed by atoms with van der Waals surface area (Å²) in [5.41, 5.74) is 1.14. The fourth-order valence-corrected chi connectivity index (χ4v) is 1.75. The molecule has 0 aliphatic heterocycles. The van der Waals surface area contributed by atoms with Crippen LogP contribution in [0, 0.1) is 0 Å². The molecule has 0 aliphatic carbocycles. The van der Waals surface area contributed by atoms with E-state index < -0.39 is 0 Å². The minimum Gasteiger partial charge on any atom is -0.382 e. The molecule has 1 aromatic carbocycles. The van der Waals surface area contributed by atoms with Crippen LogP contribution in [0.15, 0.2) is 29.3 Å². The topological polar surface area (TPSA) is 45.7 Å². The molecule has 2 N–H and O–H groups in total. The molecule has 6 heteroatoms. The number of nitrogens with zero attached hydrogens (tertiary/aromatic N) is 1. The van der Waals surface area contributed by atoms with Gasteiger partial charge in [0.2, 0.25) is 0 Å². The second kappa shape index (κ2) is 13.2. The minimum absolute atomic E-state index is 0. The predicted molar refractivity (Wildman–Crippen MR) is 101 cm³/mol. The smallest absolute Gasteiger partial charge is 0.191 e. The Labute approximate surface area is 149 Å². The van der Waals surface area contributed by atoms with Gasteiger partial charge >= 0.3 is 0 Å². The largest absolute Gasteiger partial charge is 0.382 e. The quantitative estimate of drug-likeness (QED) is 0.290. The zero-order valence-electron chi connectivity index (χ0n) is 12.7. The van der Waals surface area contributed by atoms with Gasteiger partial charge in [0.1, 0.15) is 0 Å². The Morgan fingerprint density at radius 3 is 2.52 bits per heavy atom. The Morgan fingerprint density at radius 2 is 1.90 bits per heavy atom. The molecular weight excluding hydrogens is 401 g/mol. The number of hydrogen-bond acceptors (Lipinski definition) is 2. The SMILES string of the molecule is CCNC(=NCc1ccc(Cl)cc1)NCCCOCC.I. The van der Waals surface area contributed by atoms with Gasteiger partial charge in [-0.3, -0.25) is 0 Å². The van der Waals surface area contributed by atoms with Gasteiger partial charge in [0, 0.05) is 31.3 Å². The van der Waals surface area contributed by atoms with Crippen LogP contribution in [0.3, 0.4) is 0 Å². The highest BCUT2D eigenvalue weighted by Gasteiger charge is 1.97. The van der Waals surface area contributed by atoms with Crippen LogP contribution >= 0.6 is 35.6 Å². The first-order valence-corrected chi connectivity index (χ1v) is 7.48. The fourth-order valence-electron chi connectivity index (χ4n) is 1.63. The van der Waals surface area contributed by atoms with Crippen molar-refractivity contribution in [3.8, 4) is 0 Å². The fraction of sp³-hybridized carbons (Fsp3) is 0.533. The number of hydrogen-bond donors (Lipinski definition) is 2. The summed E-state index contributed by atoms with van der Waals surface area (Å²) in [5, 5.41) is 7.27. The second-order valence-electron chi connectivity index (χ2n) is 4.30. The molecule has 0 radical (unpaired) electrons. The van der Waals surface area contributed by atoms with Crippen molar-refractivity contribution in [2.24, 2.45) is 4.99 Å². The molecule has 1 rings (SSSR count). The van der Waals surface area contributed by atoms with Crippen LogP contribution < -0.4 is 10.6 Å². The maximum atomic E-state index is 5.86. The molecule has 0 aliphatic rings. The number of ether oxygens (including phenoxy) is 1. The molecule has 0 fully saturated rings. The van der Waals surface area contributed by atoms with Crippen molar-refractivity contribution in [1.29, 1.82) is 0 Å². The second-order valence-corrected chi connectivity index (χ2v) is 4.74. The van der Waals surface area contributed by atoms with Crippen molar-refractivity contribution in [3.63, 3.8) is 0 Å². The molecule has 0 saturated heterocycles. The van der Waals surface area contributed by atoms with Crippen molar-refractivity contribution < 1.29 is 4.74 Å². The standard InChI is InChI=1S/C15H24ClN3O.HI/c1-3-17-15(18-10-5-11-20-4-2)19-12-13-6-8-14(16)9-7-13;/h6-9H,3-5,10-12H2,1-2H3,(H2,17,18,19);1H. The molecule has 0 spiro atoms. The monoisotopic (exact) mass is 425 g/mol. The average molecular weight is 426 g/mol. The van der Waals surface area contributed by atoms with Gasteiger partial charge in [-0.05, 0) is 38.0 Å². The van der Waals surface area contributed by atoms with Gasteiger partial charge in [-0.1, -0.05) is 23.7 Å². The van der Waals surface area contributed by atoms with E-state index in [2.05, 4.69) is 22.5 Å². The normalized spacial score (nSPS) is 10.9. The Hall–Kier alpha value is -0.530. The van der Waals surface area contributed by atoms with Crippen molar-refractivity contribution >= 4 is 41.5 Å². The summed E-state index contributed by atoms with van der Waals surface area (Å²) < 4.78 is 5.30. The molecular formula is C15H25ClIN3O. The lowest BCUT2D eigenvalue weighted by Crippen LogP contribution is -2.38. The Bertz CT molecular complexity index is 398. The molecule has 0 amide bonds. The highest BCUT2D eigenvalue weighted by Crippen LogP contribution is 2.09. The van der Waals surface area contributed by atoms with Gasteiger partial charge < -0.3 is 15.4 Å². The predicted octanol–water partition coefficient (Wildman–Crippen LogP) is 3.44. The summed E-state index contributed by atoms with van der Waals surface area (Å²) in [6, 6.07) is 7.75. The van der Waals surface area contributed by atoms with Gasteiger partial charge in [-0.25, -0.2) is 4.99 Å². The van der Waals surface area contributed by atoms with Gasteiger partial charge in [-0.2, -0.15) is 0 Å². The van der Waals surface area contributed by atoms with E-state index >= 15 is 0 Å². The zero-order valence-corrected chi connectivity index (χ0v) is 15.8. The molecule has 0 aromatic heterocycles. The van der Waals surface area contributed by atoms with Gasteiger partial charge in [0.25, 0.3) is 0 Å². The molecule has 0 saturated carbocycles. The maximum absolute atomic E-state index is 5.86. The van der Waals surface area contributed by atoms with E-state index in [1.54, 1.807) is 0 Å². The van der Waals surface area contributed by atoms with E-state index in [-0.39, 0.29) is 24.0 Å². The lowest BCUT2D eigenvalue weighted by Gasteiger charge is -2.11. The lowest BCUT2D eigenvalue weighted by molar-refractivity contribution is 0.145. The van der Waals surface area contributed by atoms with Crippen LogP contribution in [-0.4, -0.2) is 32.3 Å². The van der Waals surface area contributed by atoms with Crippen molar-refractivity contribution in [3.05, 3.63) is 34.9 Å². The average Bonchev–Trinajstić information content (AvgIpc) is 2.46. The van der Waals surface area contributed by atoms with Crippen molar-refractivity contribution in [1.82, 2.24) is 10.6 Å². The van der Waals surface area contributed by atoms with Crippen LogP contribution in [0.1, 0.15) is 25.8 Å². The van der Waals surface area contributed by atoms with Crippen molar-refractivity contribution in [2.75, 3.05) is 26.3 Å². The molecule has 21 heavy (non-hydrogen) atoms. The van der Waals surface area contributed by atoms with Crippen LogP contribution in [0.25, 0.3) is 0 Å². The van der Waals surface area contributed by atoms with E-state index in [9.17, 15) is 0 Å². The number of rotatable bonds is 8. The first-order chi connectivity index (χ1) is 9.76. The van der Waals surface area contributed by atoms with E-state index in [1.807, 2.05) is 31.2 Å². The van der Waals surface area contributed by atoms with Crippen LogP contribution in [-0.2, 0) is 11.3 Å².